The van der Waals surface area contributed by atoms with Gasteiger partial charge >= 0.3 is 25.7 Å². The minimum atomic E-state index is -4.77. The van der Waals surface area contributed by atoms with E-state index < -0.39 is 57.8 Å². The number of phosphoric ester groups is 1. The highest BCUT2D eigenvalue weighted by molar-refractivity contribution is 7.47. The molecule has 0 aromatic rings. The molecule has 0 saturated carbocycles. The zero-order valence-electron chi connectivity index (χ0n) is 45.4. The molecule has 2 N–H and O–H groups in total. The van der Waals surface area contributed by atoms with E-state index >= 15 is 0 Å². The minimum absolute atomic E-state index is 0.0856. The molecule has 0 aliphatic heterocycles. The molecule has 0 aliphatic carbocycles. The molecular weight excluding hydrogens is 928 g/mol. The van der Waals surface area contributed by atoms with E-state index in [1.807, 2.05) is 12.2 Å². The number of esters is 3. The van der Waals surface area contributed by atoms with Crippen molar-refractivity contribution in [1.29, 1.82) is 0 Å². The molecule has 0 saturated heterocycles. The Kier molecular flexibility index (Phi) is 51.0. The third kappa shape index (κ3) is 51.3. The van der Waals surface area contributed by atoms with Crippen molar-refractivity contribution < 1.29 is 52.2 Å². The summed E-state index contributed by atoms with van der Waals surface area (Å²) < 4.78 is 39.4. The number of ether oxygens (including phenoxy) is 3. The molecular formula is C60H101O11P. The Morgan fingerprint density at radius 2 is 0.736 bits per heavy atom. The summed E-state index contributed by atoms with van der Waals surface area (Å²) in [7, 11) is -4.77. The molecule has 0 spiro atoms. The quantitative estimate of drug-likeness (QED) is 0.0197. The zero-order chi connectivity index (χ0) is 52.7. The Morgan fingerprint density at radius 1 is 0.403 bits per heavy atom. The number of rotatable bonds is 51. The van der Waals surface area contributed by atoms with Crippen LogP contribution in [-0.4, -0.2) is 66.5 Å². The standard InChI is InChI=1S/C60H101O11P/c1-4-7-10-13-16-19-22-25-27-28-30-33-36-39-42-45-48-51-60(64)71-57(53-67-58(62)49-46-43-40-37-34-31-24-21-18-15-12-9-6-3)55-69-72(65,66)68-54-56(52-61)70-59(63)50-47-44-41-38-35-32-29-26-23-20-17-14-11-8-5-2/h7-8,10-11,16-17,19-20,25-27,29-30,33,39,42,56-57,61H,4-6,9,12-15,18,21-24,28,31-32,34-38,40-41,43-55H2,1-3H3,(H,65,66)/b10-7-,11-8-,19-16-,20-17-,27-25-,29-26-,33-30-,42-39-. The average Bonchev–Trinajstić information content (AvgIpc) is 3.37. The molecule has 12 heteroatoms. The number of hydrogen-bond donors (Lipinski definition) is 2. The number of aliphatic hydroxyl groups is 1. The van der Waals surface area contributed by atoms with Gasteiger partial charge in [-0.25, -0.2) is 4.57 Å². The third-order valence-corrected chi connectivity index (χ3v) is 12.5. The molecule has 0 aromatic heterocycles. The first kappa shape index (κ1) is 68.4. The topological polar surface area (TPSA) is 155 Å². The van der Waals surface area contributed by atoms with Gasteiger partial charge in [0.25, 0.3) is 0 Å². The number of hydrogen-bond acceptors (Lipinski definition) is 10. The van der Waals surface area contributed by atoms with Gasteiger partial charge in [0.05, 0.1) is 19.8 Å². The van der Waals surface area contributed by atoms with Crippen LogP contribution < -0.4 is 0 Å². The molecule has 0 bridgehead atoms. The molecule has 0 aliphatic rings. The van der Waals surface area contributed by atoms with E-state index in [0.29, 0.717) is 25.7 Å². The fraction of sp³-hybridized carbons (Fsp3) is 0.683. The maximum absolute atomic E-state index is 12.9. The summed E-state index contributed by atoms with van der Waals surface area (Å²) in [5.41, 5.74) is 0. The lowest BCUT2D eigenvalue weighted by molar-refractivity contribution is -0.161. The molecule has 11 nitrogen and oxygen atoms in total. The van der Waals surface area contributed by atoms with Crippen LogP contribution in [0.3, 0.4) is 0 Å². The van der Waals surface area contributed by atoms with E-state index in [1.165, 1.54) is 57.8 Å². The fourth-order valence-corrected chi connectivity index (χ4v) is 8.07. The summed E-state index contributed by atoms with van der Waals surface area (Å²) in [6.45, 7) is 4.33. The van der Waals surface area contributed by atoms with Crippen molar-refractivity contribution in [2.24, 2.45) is 0 Å². The van der Waals surface area contributed by atoms with Crippen LogP contribution in [0, 0.1) is 0 Å². The zero-order valence-corrected chi connectivity index (χ0v) is 46.3. The molecule has 3 unspecified atom stereocenters. The lowest BCUT2D eigenvalue weighted by atomic mass is 10.0. The minimum Gasteiger partial charge on any atom is -0.462 e. The van der Waals surface area contributed by atoms with Gasteiger partial charge in [0, 0.05) is 19.3 Å². The van der Waals surface area contributed by atoms with E-state index in [0.717, 1.165) is 103 Å². The Labute approximate surface area is 438 Å². The summed E-state index contributed by atoms with van der Waals surface area (Å²) >= 11 is 0. The summed E-state index contributed by atoms with van der Waals surface area (Å²) in [5.74, 6) is -1.56. The van der Waals surface area contributed by atoms with E-state index in [1.54, 1.807) is 0 Å². The smallest absolute Gasteiger partial charge is 0.462 e. The van der Waals surface area contributed by atoms with Crippen molar-refractivity contribution in [2.45, 2.75) is 238 Å². The first-order valence-electron chi connectivity index (χ1n) is 28.1. The molecule has 0 radical (unpaired) electrons. The van der Waals surface area contributed by atoms with Gasteiger partial charge in [-0.3, -0.25) is 23.4 Å². The maximum Gasteiger partial charge on any atom is 0.472 e. The average molecular weight is 1030 g/mol. The molecule has 0 rings (SSSR count). The summed E-state index contributed by atoms with van der Waals surface area (Å²) in [6, 6.07) is 0. The second-order valence-corrected chi connectivity index (χ2v) is 19.8. The van der Waals surface area contributed by atoms with Crippen LogP contribution in [0.5, 0.6) is 0 Å². The Bertz CT molecular complexity index is 1580. The molecule has 72 heavy (non-hydrogen) atoms. The summed E-state index contributed by atoms with van der Waals surface area (Å²) in [6.07, 6.45) is 62.3. The first-order valence-corrected chi connectivity index (χ1v) is 29.6. The normalized spacial score (nSPS) is 14.1. The van der Waals surface area contributed by atoms with E-state index in [-0.39, 0.29) is 25.9 Å². The molecule has 0 aromatic carbocycles. The van der Waals surface area contributed by atoms with Gasteiger partial charge in [-0.05, 0) is 89.9 Å². The second kappa shape index (κ2) is 53.7. The van der Waals surface area contributed by atoms with Gasteiger partial charge in [-0.2, -0.15) is 0 Å². The van der Waals surface area contributed by atoms with Crippen LogP contribution in [0.25, 0.3) is 0 Å². The molecule has 3 atom stereocenters. The van der Waals surface area contributed by atoms with Crippen molar-refractivity contribution in [3.8, 4) is 0 Å². The number of carbonyl (C=O) groups excluding carboxylic acids is 3. The Balaban J connectivity index is 4.82. The highest BCUT2D eigenvalue weighted by Gasteiger charge is 2.28. The highest BCUT2D eigenvalue weighted by Crippen LogP contribution is 2.43. The van der Waals surface area contributed by atoms with Crippen molar-refractivity contribution in [3.63, 3.8) is 0 Å². The Morgan fingerprint density at radius 3 is 1.17 bits per heavy atom. The predicted octanol–water partition coefficient (Wildman–Crippen LogP) is 16.5. The van der Waals surface area contributed by atoms with Gasteiger partial charge in [0.2, 0.25) is 0 Å². The highest BCUT2D eigenvalue weighted by atomic mass is 31.2. The van der Waals surface area contributed by atoms with E-state index in [9.17, 15) is 28.9 Å². The van der Waals surface area contributed by atoms with Gasteiger partial charge < -0.3 is 24.2 Å². The van der Waals surface area contributed by atoms with Crippen LogP contribution in [0.2, 0.25) is 0 Å². The molecule has 412 valence electrons. The number of carbonyl (C=O) groups is 3. The number of allylic oxidation sites excluding steroid dienone is 16. The third-order valence-electron chi connectivity index (χ3n) is 11.5. The lowest BCUT2D eigenvalue weighted by Crippen LogP contribution is -2.30. The fourth-order valence-electron chi connectivity index (χ4n) is 7.29. The summed E-state index contributed by atoms with van der Waals surface area (Å²) in [5, 5.41) is 9.80. The van der Waals surface area contributed by atoms with Crippen molar-refractivity contribution >= 4 is 25.7 Å². The van der Waals surface area contributed by atoms with Gasteiger partial charge in [0.15, 0.2) is 6.10 Å². The predicted molar refractivity (Wildman–Crippen MR) is 297 cm³/mol. The molecule has 0 fully saturated rings. The first-order chi connectivity index (χ1) is 35.2. The van der Waals surface area contributed by atoms with Crippen LogP contribution >= 0.6 is 7.82 Å². The number of aliphatic hydroxyl groups excluding tert-OH is 1. The van der Waals surface area contributed by atoms with E-state index in [2.05, 4.69) is 106 Å². The largest absolute Gasteiger partial charge is 0.472 e. The summed E-state index contributed by atoms with van der Waals surface area (Å²) in [4.78, 5) is 48.5. The number of unbranched alkanes of at least 4 members (excludes halogenated alkanes) is 18. The second-order valence-electron chi connectivity index (χ2n) is 18.3. The lowest BCUT2D eigenvalue weighted by Gasteiger charge is -2.21. The van der Waals surface area contributed by atoms with E-state index in [4.69, 9.17) is 23.3 Å². The van der Waals surface area contributed by atoms with Gasteiger partial charge in [0.1, 0.15) is 12.7 Å². The van der Waals surface area contributed by atoms with Crippen molar-refractivity contribution in [1.82, 2.24) is 0 Å². The van der Waals surface area contributed by atoms with Gasteiger partial charge in [-0.15, -0.1) is 0 Å². The van der Waals surface area contributed by atoms with Crippen LogP contribution in [0.15, 0.2) is 97.2 Å². The van der Waals surface area contributed by atoms with Crippen LogP contribution in [0.4, 0.5) is 0 Å². The SMILES string of the molecule is CC/C=C\C/C=C\C/C=C\C/C=C\C/C=C\CCCC(=O)OC(COC(=O)CCCCCCCCCCCCCCC)COP(=O)(O)OCC(CO)OC(=O)CCCCCCC/C=C\C/C=C\C/C=C\CC. The number of phosphoric acid groups is 1. The van der Waals surface area contributed by atoms with Gasteiger partial charge in [-0.1, -0.05) is 214 Å². The van der Waals surface area contributed by atoms with Crippen LogP contribution in [0.1, 0.15) is 226 Å². The molecule has 0 heterocycles. The molecule has 0 amide bonds. The van der Waals surface area contributed by atoms with Crippen LogP contribution in [-0.2, 0) is 42.2 Å². The van der Waals surface area contributed by atoms with Crippen molar-refractivity contribution in [3.05, 3.63) is 97.2 Å². The monoisotopic (exact) mass is 1030 g/mol. The van der Waals surface area contributed by atoms with Crippen molar-refractivity contribution in [2.75, 3.05) is 26.4 Å². The Hall–Kier alpha value is -3.60. The maximum atomic E-state index is 12.9.